The van der Waals surface area contributed by atoms with Crippen molar-refractivity contribution >= 4 is 29.3 Å². The van der Waals surface area contributed by atoms with Gasteiger partial charge in [-0.05, 0) is 48.7 Å². The van der Waals surface area contributed by atoms with E-state index in [4.69, 9.17) is 0 Å². The third-order valence-electron chi connectivity index (χ3n) is 5.11. The summed E-state index contributed by atoms with van der Waals surface area (Å²) in [5.74, 6) is 0.933. The molecule has 1 aliphatic rings. The first-order valence-corrected chi connectivity index (χ1v) is 11.3. The van der Waals surface area contributed by atoms with E-state index < -0.39 is 0 Å². The average molecular weight is 454 g/mol. The molecule has 0 spiro atoms. The number of halogens is 1. The molecule has 1 heterocycles. The van der Waals surface area contributed by atoms with Gasteiger partial charge in [-0.2, -0.15) is 0 Å². The van der Waals surface area contributed by atoms with Crippen molar-refractivity contribution in [1.29, 1.82) is 0 Å². The number of aromatic nitrogens is 3. The molecule has 1 aliphatic carbocycles. The Hall–Kier alpha value is -3.20. The highest BCUT2D eigenvalue weighted by atomic mass is 32.2. The normalized spacial score (nSPS) is 13.1. The van der Waals surface area contributed by atoms with Gasteiger partial charge in [0.1, 0.15) is 11.6 Å². The average Bonchev–Trinajstić information content (AvgIpc) is 3.52. The summed E-state index contributed by atoms with van der Waals surface area (Å²) in [7, 11) is 1.73. The Balaban J connectivity index is 1.49. The monoisotopic (exact) mass is 453 g/mol. The van der Waals surface area contributed by atoms with Gasteiger partial charge in [0, 0.05) is 32.1 Å². The van der Waals surface area contributed by atoms with Crippen molar-refractivity contribution in [1.82, 2.24) is 19.7 Å². The zero-order valence-electron chi connectivity index (χ0n) is 17.9. The minimum Gasteiger partial charge on any atom is -0.341 e. The Morgan fingerprint density at radius 1 is 1.19 bits per heavy atom. The second kappa shape index (κ2) is 9.52. The van der Waals surface area contributed by atoms with Crippen molar-refractivity contribution in [2.24, 2.45) is 0 Å². The Bertz CT molecular complexity index is 1130. The number of nitrogens with one attached hydrogen (secondary N) is 1. The summed E-state index contributed by atoms with van der Waals surface area (Å²) in [6.07, 6.45) is 2.13. The third kappa shape index (κ3) is 5.34. The molecule has 7 nitrogen and oxygen atoms in total. The number of carbonyl (C=O) groups is 2. The van der Waals surface area contributed by atoms with Gasteiger partial charge < -0.3 is 10.2 Å². The fraction of sp³-hybridized carbons (Fsp3) is 0.304. The number of nitrogens with zero attached hydrogens (tertiary/aromatic N) is 4. The maximum Gasteiger partial charge on any atom is 0.233 e. The van der Waals surface area contributed by atoms with Crippen LogP contribution in [0.25, 0.3) is 5.69 Å². The van der Waals surface area contributed by atoms with Gasteiger partial charge in [0.25, 0.3) is 0 Å². The molecule has 4 rings (SSSR count). The van der Waals surface area contributed by atoms with E-state index >= 15 is 0 Å². The van der Waals surface area contributed by atoms with Crippen LogP contribution in [0.4, 0.5) is 10.1 Å². The zero-order valence-corrected chi connectivity index (χ0v) is 18.7. The summed E-state index contributed by atoms with van der Waals surface area (Å²) in [6, 6.07) is 13.6. The number of anilines is 1. The molecule has 3 aromatic rings. The molecule has 166 valence electrons. The second-order valence-corrected chi connectivity index (χ2v) is 8.79. The number of carbonyl (C=O) groups excluding carboxylic acids is 2. The lowest BCUT2D eigenvalue weighted by molar-refractivity contribution is -0.127. The van der Waals surface area contributed by atoms with Crippen molar-refractivity contribution < 1.29 is 14.0 Å². The highest BCUT2D eigenvalue weighted by molar-refractivity contribution is 7.99. The lowest BCUT2D eigenvalue weighted by Crippen LogP contribution is -2.27. The number of hydrogen-bond acceptors (Lipinski definition) is 5. The first-order chi connectivity index (χ1) is 15.4. The number of amides is 2. The minimum atomic E-state index is -0.299. The van der Waals surface area contributed by atoms with E-state index in [9.17, 15) is 14.0 Å². The molecule has 2 aromatic carbocycles. The van der Waals surface area contributed by atoms with Crippen molar-refractivity contribution in [3.05, 3.63) is 65.7 Å². The number of thioether (sulfide) groups is 1. The molecule has 2 amide bonds. The van der Waals surface area contributed by atoms with Crippen LogP contribution in [-0.4, -0.2) is 44.3 Å². The summed E-state index contributed by atoms with van der Waals surface area (Å²) in [5, 5.41) is 12.2. The van der Waals surface area contributed by atoms with Gasteiger partial charge in [-0.1, -0.05) is 30.0 Å². The molecule has 1 N–H and O–H groups in total. The van der Waals surface area contributed by atoms with Crippen molar-refractivity contribution in [2.75, 3.05) is 18.1 Å². The lowest BCUT2D eigenvalue weighted by atomic mass is 10.2. The molecular formula is C23H24FN5O2S. The zero-order chi connectivity index (χ0) is 22.7. The molecule has 0 aliphatic heterocycles. The molecular weight excluding hydrogens is 429 g/mol. The topological polar surface area (TPSA) is 80.1 Å². The van der Waals surface area contributed by atoms with E-state index in [0.29, 0.717) is 23.3 Å². The summed E-state index contributed by atoms with van der Waals surface area (Å²) in [5.41, 5.74) is 2.40. The summed E-state index contributed by atoms with van der Waals surface area (Å²) >= 11 is 1.33. The fourth-order valence-corrected chi connectivity index (χ4v) is 4.24. The summed E-state index contributed by atoms with van der Waals surface area (Å²) < 4.78 is 15.1. The Kier molecular flexibility index (Phi) is 6.55. The van der Waals surface area contributed by atoms with Crippen LogP contribution in [0.3, 0.4) is 0 Å². The Morgan fingerprint density at radius 2 is 1.94 bits per heavy atom. The predicted octanol–water partition coefficient (Wildman–Crippen LogP) is 3.99. The standard InChI is InChI=1S/C23H24FN5O2S/c1-15(30)25-19-4-3-5-20(12-19)29-22(17-8-9-17)26-27-23(29)32-14-21(31)28(2)13-16-6-10-18(24)11-7-16/h3-7,10-12,17H,8-9,13-14H2,1-2H3,(H,25,30). The number of hydrogen-bond donors (Lipinski definition) is 1. The molecule has 32 heavy (non-hydrogen) atoms. The van der Waals surface area contributed by atoms with Crippen LogP contribution >= 0.6 is 11.8 Å². The first-order valence-electron chi connectivity index (χ1n) is 10.4. The molecule has 0 bridgehead atoms. The second-order valence-electron chi connectivity index (χ2n) is 7.85. The Morgan fingerprint density at radius 3 is 2.62 bits per heavy atom. The van der Waals surface area contributed by atoms with Crippen LogP contribution in [0.1, 0.15) is 37.1 Å². The van der Waals surface area contributed by atoms with Crippen LogP contribution in [0.5, 0.6) is 0 Å². The maximum atomic E-state index is 13.1. The fourth-order valence-electron chi connectivity index (χ4n) is 3.34. The van der Waals surface area contributed by atoms with E-state index in [2.05, 4.69) is 15.5 Å². The largest absolute Gasteiger partial charge is 0.341 e. The molecule has 9 heteroatoms. The highest BCUT2D eigenvalue weighted by Crippen LogP contribution is 2.41. The quantitative estimate of drug-likeness (QED) is 0.522. The number of rotatable bonds is 8. The van der Waals surface area contributed by atoms with Crippen LogP contribution in [0.15, 0.2) is 53.7 Å². The van der Waals surface area contributed by atoms with Gasteiger partial charge in [-0.15, -0.1) is 10.2 Å². The first kappa shape index (κ1) is 22.0. The highest BCUT2D eigenvalue weighted by Gasteiger charge is 2.31. The third-order valence-corrected chi connectivity index (χ3v) is 6.02. The maximum absolute atomic E-state index is 13.1. The van der Waals surface area contributed by atoms with E-state index in [1.807, 2.05) is 28.8 Å². The van der Waals surface area contributed by atoms with Crippen LogP contribution in [0, 0.1) is 5.82 Å². The smallest absolute Gasteiger partial charge is 0.233 e. The van der Waals surface area contributed by atoms with Gasteiger partial charge in [0.2, 0.25) is 11.8 Å². The van der Waals surface area contributed by atoms with Crippen LogP contribution in [0.2, 0.25) is 0 Å². The molecule has 1 saturated carbocycles. The van der Waals surface area contributed by atoms with Crippen LogP contribution in [-0.2, 0) is 16.1 Å². The molecule has 0 atom stereocenters. The predicted molar refractivity (Wildman–Crippen MR) is 121 cm³/mol. The molecule has 0 unspecified atom stereocenters. The number of benzene rings is 2. The summed E-state index contributed by atoms with van der Waals surface area (Å²) in [4.78, 5) is 25.7. The molecule has 0 radical (unpaired) electrons. The SMILES string of the molecule is CC(=O)Nc1cccc(-n2c(SCC(=O)N(C)Cc3ccc(F)cc3)nnc2C2CC2)c1. The lowest BCUT2D eigenvalue weighted by Gasteiger charge is -2.17. The van der Waals surface area contributed by atoms with Gasteiger partial charge in [-0.25, -0.2) is 4.39 Å². The van der Waals surface area contributed by atoms with E-state index in [0.717, 1.165) is 29.9 Å². The van der Waals surface area contributed by atoms with Gasteiger partial charge >= 0.3 is 0 Å². The molecule has 0 saturated heterocycles. The van der Waals surface area contributed by atoms with Gasteiger partial charge in [0.15, 0.2) is 5.16 Å². The molecule has 1 fully saturated rings. The van der Waals surface area contributed by atoms with Gasteiger partial charge in [-0.3, -0.25) is 14.2 Å². The van der Waals surface area contributed by atoms with Crippen molar-refractivity contribution in [2.45, 2.75) is 37.4 Å². The minimum absolute atomic E-state index is 0.0613. The van der Waals surface area contributed by atoms with Crippen molar-refractivity contribution in [3.63, 3.8) is 0 Å². The summed E-state index contributed by atoms with van der Waals surface area (Å²) in [6.45, 7) is 1.87. The van der Waals surface area contributed by atoms with E-state index in [-0.39, 0.29) is 23.4 Å². The molecule has 1 aromatic heterocycles. The van der Waals surface area contributed by atoms with Gasteiger partial charge in [0.05, 0.1) is 11.4 Å². The van der Waals surface area contributed by atoms with E-state index in [1.54, 1.807) is 24.1 Å². The van der Waals surface area contributed by atoms with Crippen LogP contribution < -0.4 is 5.32 Å². The van der Waals surface area contributed by atoms with Crippen molar-refractivity contribution in [3.8, 4) is 5.69 Å². The Labute approximate surface area is 190 Å². The van der Waals surface area contributed by atoms with E-state index in [1.165, 1.54) is 30.8 Å².